The maximum Gasteiger partial charge on any atom is 0.346 e. The number of hydrogen-bond donors (Lipinski definition) is 2. The molecular formula is C8H10O5. The van der Waals surface area contributed by atoms with Crippen LogP contribution < -0.4 is 0 Å². The summed E-state index contributed by atoms with van der Waals surface area (Å²) in [7, 11) is 0. The van der Waals surface area contributed by atoms with Gasteiger partial charge in [0.2, 0.25) is 0 Å². The Morgan fingerprint density at radius 1 is 1.54 bits per heavy atom. The lowest BCUT2D eigenvalue weighted by molar-refractivity contribution is -0.147. The molecule has 0 unspecified atom stereocenters. The van der Waals surface area contributed by atoms with Crippen LogP contribution in [-0.2, 0) is 14.3 Å². The van der Waals surface area contributed by atoms with Gasteiger partial charge in [-0.2, -0.15) is 0 Å². The van der Waals surface area contributed by atoms with Gasteiger partial charge in [0, 0.05) is 5.57 Å². The highest BCUT2D eigenvalue weighted by atomic mass is 16.6. The van der Waals surface area contributed by atoms with Crippen molar-refractivity contribution in [2.45, 2.75) is 19.4 Å². The fourth-order valence-corrected chi connectivity index (χ4v) is 1.25. The highest BCUT2D eigenvalue weighted by Crippen LogP contribution is 2.31. The van der Waals surface area contributed by atoms with E-state index >= 15 is 0 Å². The zero-order valence-corrected chi connectivity index (χ0v) is 7.33. The van der Waals surface area contributed by atoms with Gasteiger partial charge in [-0.05, 0) is 13.8 Å². The van der Waals surface area contributed by atoms with E-state index < -0.39 is 29.7 Å². The summed E-state index contributed by atoms with van der Waals surface area (Å²) in [6, 6.07) is 0. The predicted molar refractivity (Wildman–Crippen MR) is 41.9 cm³/mol. The number of carboxylic acid groups (broad SMARTS) is 1. The van der Waals surface area contributed by atoms with Gasteiger partial charge < -0.3 is 14.9 Å². The molecule has 1 heterocycles. The molecule has 0 aromatic carbocycles. The Labute approximate surface area is 74.6 Å². The number of aliphatic hydroxyl groups excluding tert-OH is 1. The number of rotatable bonds is 2. The molecule has 0 aliphatic carbocycles. The lowest BCUT2D eigenvalue weighted by atomic mass is 9.96. The summed E-state index contributed by atoms with van der Waals surface area (Å²) in [6.45, 7) is 2.58. The van der Waals surface area contributed by atoms with Crippen molar-refractivity contribution in [2.24, 2.45) is 0 Å². The minimum absolute atomic E-state index is 0.116. The van der Waals surface area contributed by atoms with E-state index in [1.54, 1.807) is 0 Å². The Kier molecular flexibility index (Phi) is 2.13. The van der Waals surface area contributed by atoms with Crippen LogP contribution in [0.5, 0.6) is 0 Å². The maximum atomic E-state index is 11.0. The van der Waals surface area contributed by atoms with Crippen LogP contribution in [0, 0.1) is 0 Å². The monoisotopic (exact) mass is 186 g/mol. The molecule has 0 aromatic rings. The molecule has 0 fully saturated rings. The highest BCUT2D eigenvalue weighted by Gasteiger charge is 2.42. The number of carboxylic acids is 1. The van der Waals surface area contributed by atoms with Gasteiger partial charge in [-0.25, -0.2) is 9.59 Å². The van der Waals surface area contributed by atoms with Crippen molar-refractivity contribution in [3.63, 3.8) is 0 Å². The summed E-state index contributed by atoms with van der Waals surface area (Å²) in [5.41, 5.74) is -1.35. The Balaban J connectivity index is 3.24. The average Bonchev–Trinajstić information content (AvgIpc) is 2.18. The van der Waals surface area contributed by atoms with E-state index in [4.69, 9.17) is 14.9 Å². The third-order valence-corrected chi connectivity index (χ3v) is 1.95. The van der Waals surface area contributed by atoms with Gasteiger partial charge in [0.1, 0.15) is 11.2 Å². The second-order valence-electron chi connectivity index (χ2n) is 3.22. The lowest BCUT2D eigenvalue weighted by Gasteiger charge is -2.19. The molecule has 1 rings (SSSR count). The van der Waals surface area contributed by atoms with E-state index in [0.717, 1.165) is 0 Å². The Morgan fingerprint density at radius 2 is 2.08 bits per heavy atom. The first-order chi connectivity index (χ1) is 5.90. The first-order valence-corrected chi connectivity index (χ1v) is 3.71. The fourth-order valence-electron chi connectivity index (χ4n) is 1.25. The molecule has 0 bridgehead atoms. The van der Waals surface area contributed by atoms with Gasteiger partial charge in [-0.15, -0.1) is 0 Å². The summed E-state index contributed by atoms with van der Waals surface area (Å²) in [6.07, 6.45) is 0. The number of hydrogen-bond acceptors (Lipinski definition) is 4. The second kappa shape index (κ2) is 2.85. The molecule has 0 radical (unpaired) electrons. The van der Waals surface area contributed by atoms with Crippen LogP contribution in [0.1, 0.15) is 13.8 Å². The molecule has 2 N–H and O–H groups in total. The van der Waals surface area contributed by atoms with Crippen LogP contribution in [0.2, 0.25) is 0 Å². The molecule has 13 heavy (non-hydrogen) atoms. The molecule has 5 nitrogen and oxygen atoms in total. The summed E-state index contributed by atoms with van der Waals surface area (Å²) in [5, 5.41) is 17.5. The van der Waals surface area contributed by atoms with Crippen molar-refractivity contribution >= 4 is 11.9 Å². The molecule has 72 valence electrons. The number of aliphatic hydroxyl groups is 1. The molecule has 1 aliphatic rings. The lowest BCUT2D eigenvalue weighted by Crippen LogP contribution is -2.24. The number of aliphatic carboxylic acids is 1. The minimum atomic E-state index is -1.36. The van der Waals surface area contributed by atoms with Crippen LogP contribution in [0.3, 0.4) is 0 Å². The van der Waals surface area contributed by atoms with Crippen LogP contribution in [0.25, 0.3) is 0 Å². The van der Waals surface area contributed by atoms with E-state index in [1.807, 2.05) is 0 Å². The smallest absolute Gasteiger partial charge is 0.346 e. The predicted octanol–water partition coefficient (Wildman–Crippen LogP) is -0.305. The standard InChI is InChI=1S/C8H10O5/c1-8(2)4(3-9)5(6(10)11)7(12)13-8/h9H,3H2,1-2H3,(H,10,11). The number of carbonyl (C=O) groups excluding carboxylic acids is 1. The average molecular weight is 186 g/mol. The van der Waals surface area contributed by atoms with Crippen LogP contribution in [0.4, 0.5) is 0 Å². The van der Waals surface area contributed by atoms with Crippen molar-refractivity contribution in [1.82, 2.24) is 0 Å². The molecule has 0 aromatic heterocycles. The molecule has 0 amide bonds. The van der Waals surface area contributed by atoms with Crippen molar-refractivity contribution in [3.8, 4) is 0 Å². The van der Waals surface area contributed by atoms with E-state index in [9.17, 15) is 9.59 Å². The maximum absolute atomic E-state index is 11.0. The zero-order valence-electron chi connectivity index (χ0n) is 7.33. The van der Waals surface area contributed by atoms with Crippen LogP contribution in [-0.4, -0.2) is 34.4 Å². The minimum Gasteiger partial charge on any atom is -0.477 e. The van der Waals surface area contributed by atoms with Gasteiger partial charge in [-0.3, -0.25) is 0 Å². The van der Waals surface area contributed by atoms with Gasteiger partial charge in [0.15, 0.2) is 0 Å². The number of cyclic esters (lactones) is 1. The number of ether oxygens (including phenoxy) is 1. The van der Waals surface area contributed by atoms with Gasteiger partial charge >= 0.3 is 11.9 Å². The summed E-state index contributed by atoms with van der Waals surface area (Å²) < 4.78 is 4.77. The normalized spacial score (nSPS) is 20.4. The van der Waals surface area contributed by atoms with E-state index in [-0.39, 0.29) is 5.57 Å². The first kappa shape index (κ1) is 9.73. The van der Waals surface area contributed by atoms with Crippen molar-refractivity contribution in [2.75, 3.05) is 6.61 Å². The molecule has 1 aliphatic heterocycles. The number of carbonyl (C=O) groups is 2. The molecule has 0 spiro atoms. The first-order valence-electron chi connectivity index (χ1n) is 3.71. The Hall–Kier alpha value is -1.36. The van der Waals surface area contributed by atoms with Crippen molar-refractivity contribution < 1.29 is 24.5 Å². The van der Waals surface area contributed by atoms with E-state index in [2.05, 4.69) is 0 Å². The molecule has 5 heteroatoms. The summed E-state index contributed by atoms with van der Waals surface area (Å²) in [5.74, 6) is -2.25. The van der Waals surface area contributed by atoms with Gasteiger partial charge in [0.25, 0.3) is 0 Å². The Morgan fingerprint density at radius 3 is 2.38 bits per heavy atom. The van der Waals surface area contributed by atoms with E-state index in [1.165, 1.54) is 13.8 Å². The third kappa shape index (κ3) is 1.42. The largest absolute Gasteiger partial charge is 0.477 e. The summed E-state index contributed by atoms with van der Waals surface area (Å²) in [4.78, 5) is 21.6. The van der Waals surface area contributed by atoms with Gasteiger partial charge in [0.05, 0.1) is 6.61 Å². The van der Waals surface area contributed by atoms with Crippen molar-refractivity contribution in [3.05, 3.63) is 11.1 Å². The zero-order chi connectivity index (χ0) is 10.2. The molecular weight excluding hydrogens is 176 g/mol. The third-order valence-electron chi connectivity index (χ3n) is 1.95. The van der Waals surface area contributed by atoms with Crippen LogP contribution >= 0.6 is 0 Å². The molecule has 0 saturated carbocycles. The number of esters is 1. The molecule has 0 atom stereocenters. The topological polar surface area (TPSA) is 83.8 Å². The fraction of sp³-hybridized carbons (Fsp3) is 0.500. The second-order valence-corrected chi connectivity index (χ2v) is 3.22. The quantitative estimate of drug-likeness (QED) is 0.456. The Bertz CT molecular complexity index is 300. The van der Waals surface area contributed by atoms with Gasteiger partial charge in [-0.1, -0.05) is 0 Å². The van der Waals surface area contributed by atoms with Crippen LogP contribution in [0.15, 0.2) is 11.1 Å². The highest BCUT2D eigenvalue weighted by molar-refractivity contribution is 6.16. The summed E-state index contributed by atoms with van der Waals surface area (Å²) >= 11 is 0. The SMILES string of the molecule is CC1(C)OC(=O)C(C(=O)O)=C1CO. The van der Waals surface area contributed by atoms with E-state index in [0.29, 0.717) is 0 Å². The molecule has 0 saturated heterocycles. The van der Waals surface area contributed by atoms with Crippen molar-refractivity contribution in [1.29, 1.82) is 0 Å².